The van der Waals surface area contributed by atoms with E-state index < -0.39 is 0 Å². The molecule has 34 heavy (non-hydrogen) atoms. The van der Waals surface area contributed by atoms with Crippen molar-refractivity contribution in [2.45, 2.75) is 74.5 Å². The number of hydrogen-bond donors (Lipinski definition) is 0. The molecule has 0 bridgehead atoms. The maximum Gasteiger partial charge on any atom is 0.230 e. The Balaban J connectivity index is 1.29. The van der Waals surface area contributed by atoms with Crippen molar-refractivity contribution in [3.8, 4) is 0 Å². The maximum absolute atomic E-state index is 6.39. The van der Waals surface area contributed by atoms with Crippen LogP contribution in [0.2, 0.25) is 0 Å². The molecule has 3 aromatic rings. The van der Waals surface area contributed by atoms with Gasteiger partial charge in [0.25, 0.3) is 0 Å². The minimum Gasteiger partial charge on any atom is -0.423 e. The van der Waals surface area contributed by atoms with Gasteiger partial charge in [-0.3, -0.25) is 4.90 Å². The van der Waals surface area contributed by atoms with Crippen molar-refractivity contribution < 1.29 is 4.42 Å². The van der Waals surface area contributed by atoms with Crippen LogP contribution >= 0.6 is 11.8 Å². The number of benzene rings is 2. The lowest BCUT2D eigenvalue weighted by molar-refractivity contribution is 0.166. The summed E-state index contributed by atoms with van der Waals surface area (Å²) in [5.41, 5.74) is 1.31. The molecule has 2 aromatic carbocycles. The molecule has 1 saturated heterocycles. The van der Waals surface area contributed by atoms with E-state index in [2.05, 4.69) is 82.7 Å². The summed E-state index contributed by atoms with van der Waals surface area (Å²) in [4.78, 5) is 3.88. The highest BCUT2D eigenvalue weighted by atomic mass is 32.2. The predicted molar refractivity (Wildman–Crippen MR) is 139 cm³/mol. The molecule has 1 saturated carbocycles. The van der Waals surface area contributed by atoms with Gasteiger partial charge in [-0.1, -0.05) is 81.1 Å². The summed E-state index contributed by atoms with van der Waals surface area (Å²) in [5, 5.41) is 9.74. The molecular formula is C29H37N3OS. The SMILES string of the molecule is CCC1CCN(Cc2nnc(C(c3ccccc3)C3CCCCC3)o2)CC1Sc1ccccc1. The zero-order chi connectivity index (χ0) is 23.2. The quantitative estimate of drug-likeness (QED) is 0.345. The number of rotatable bonds is 8. The van der Waals surface area contributed by atoms with Crippen molar-refractivity contribution in [2.75, 3.05) is 13.1 Å². The highest BCUT2D eigenvalue weighted by Gasteiger charge is 2.32. The second-order valence-corrected chi connectivity index (χ2v) is 11.3. The second kappa shape index (κ2) is 11.5. The summed E-state index contributed by atoms with van der Waals surface area (Å²) in [6.45, 7) is 5.26. The van der Waals surface area contributed by atoms with Crippen LogP contribution in [-0.2, 0) is 6.54 Å². The standard InChI is InChI=1S/C29H37N3OS/c1-2-22-18-19-32(20-26(22)34-25-16-10-5-11-17-25)21-27-30-31-29(33-27)28(23-12-6-3-7-13-23)24-14-8-4-9-15-24/h3,5-7,10-13,16-17,22,24,26,28H,2,4,8-9,14-15,18-21H2,1H3. The fourth-order valence-corrected chi connectivity index (χ4v) is 7.31. The highest BCUT2D eigenvalue weighted by Crippen LogP contribution is 2.40. The topological polar surface area (TPSA) is 42.2 Å². The number of aromatic nitrogens is 2. The Hall–Kier alpha value is -2.11. The zero-order valence-electron chi connectivity index (χ0n) is 20.3. The van der Waals surface area contributed by atoms with E-state index in [4.69, 9.17) is 4.42 Å². The molecule has 0 amide bonds. The van der Waals surface area contributed by atoms with Gasteiger partial charge in [0.15, 0.2) is 0 Å². The number of hydrogen-bond acceptors (Lipinski definition) is 5. The molecule has 3 unspecified atom stereocenters. The Morgan fingerprint density at radius 3 is 2.41 bits per heavy atom. The second-order valence-electron chi connectivity index (χ2n) is 9.98. The number of piperidine rings is 1. The van der Waals surface area contributed by atoms with Crippen LogP contribution in [-0.4, -0.2) is 33.4 Å². The van der Waals surface area contributed by atoms with Gasteiger partial charge in [0.1, 0.15) is 0 Å². The zero-order valence-corrected chi connectivity index (χ0v) is 21.1. The smallest absolute Gasteiger partial charge is 0.230 e. The lowest BCUT2D eigenvalue weighted by Crippen LogP contribution is -2.41. The molecule has 2 fully saturated rings. The van der Waals surface area contributed by atoms with E-state index in [1.54, 1.807) is 0 Å². The van der Waals surface area contributed by atoms with Gasteiger partial charge >= 0.3 is 0 Å². The van der Waals surface area contributed by atoms with Gasteiger partial charge in [-0.05, 0) is 55.3 Å². The lowest BCUT2D eigenvalue weighted by Gasteiger charge is -2.37. The van der Waals surface area contributed by atoms with Crippen LogP contribution in [0.1, 0.15) is 75.1 Å². The van der Waals surface area contributed by atoms with E-state index in [0.717, 1.165) is 37.3 Å². The van der Waals surface area contributed by atoms with Crippen molar-refractivity contribution >= 4 is 11.8 Å². The minimum atomic E-state index is 0.218. The average Bonchev–Trinajstić information content (AvgIpc) is 3.34. The summed E-state index contributed by atoms with van der Waals surface area (Å²) >= 11 is 2.03. The molecule has 0 N–H and O–H groups in total. The van der Waals surface area contributed by atoms with Crippen molar-refractivity contribution in [3.05, 3.63) is 78.0 Å². The van der Waals surface area contributed by atoms with Gasteiger partial charge in [-0.2, -0.15) is 0 Å². The van der Waals surface area contributed by atoms with Crippen LogP contribution in [0.25, 0.3) is 0 Å². The van der Waals surface area contributed by atoms with Gasteiger partial charge < -0.3 is 4.42 Å². The van der Waals surface area contributed by atoms with E-state index >= 15 is 0 Å². The Bertz CT molecular complexity index is 1000. The predicted octanol–water partition coefficient (Wildman–Crippen LogP) is 7.17. The van der Waals surface area contributed by atoms with Gasteiger partial charge in [0.2, 0.25) is 11.8 Å². The summed E-state index contributed by atoms with van der Waals surface area (Å²) < 4.78 is 6.39. The third kappa shape index (κ3) is 5.75. The average molecular weight is 476 g/mol. The van der Waals surface area contributed by atoms with Gasteiger partial charge in [0.05, 0.1) is 12.5 Å². The lowest BCUT2D eigenvalue weighted by atomic mass is 9.77. The molecule has 2 heterocycles. The Kier molecular flexibility index (Phi) is 8.02. The summed E-state index contributed by atoms with van der Waals surface area (Å²) in [7, 11) is 0. The van der Waals surface area contributed by atoms with E-state index in [1.165, 1.54) is 55.4 Å². The van der Waals surface area contributed by atoms with Crippen molar-refractivity contribution in [2.24, 2.45) is 11.8 Å². The summed E-state index contributed by atoms with van der Waals surface area (Å²) in [6.07, 6.45) is 8.94. The van der Waals surface area contributed by atoms with Crippen LogP contribution in [0.15, 0.2) is 70.0 Å². The summed E-state index contributed by atoms with van der Waals surface area (Å²) in [5.74, 6) is 3.15. The normalized spacial score (nSPS) is 23.1. The monoisotopic (exact) mass is 475 g/mol. The van der Waals surface area contributed by atoms with E-state index in [0.29, 0.717) is 11.2 Å². The first-order valence-electron chi connectivity index (χ1n) is 13.1. The molecule has 3 atom stereocenters. The third-order valence-corrected chi connectivity index (χ3v) is 9.10. The Morgan fingerprint density at radius 1 is 0.941 bits per heavy atom. The van der Waals surface area contributed by atoms with E-state index in [9.17, 15) is 0 Å². The molecule has 1 aromatic heterocycles. The van der Waals surface area contributed by atoms with E-state index in [-0.39, 0.29) is 5.92 Å². The molecule has 5 heteroatoms. The third-order valence-electron chi connectivity index (χ3n) is 7.72. The van der Waals surface area contributed by atoms with Gasteiger partial charge in [-0.15, -0.1) is 22.0 Å². The number of likely N-dealkylation sites (tertiary alicyclic amines) is 1. The molecule has 0 spiro atoms. The van der Waals surface area contributed by atoms with Crippen molar-refractivity contribution in [1.29, 1.82) is 0 Å². The molecule has 0 radical (unpaired) electrons. The number of thioether (sulfide) groups is 1. The minimum absolute atomic E-state index is 0.218. The van der Waals surface area contributed by atoms with Gasteiger partial charge in [0, 0.05) is 16.7 Å². The first kappa shape index (κ1) is 23.6. The largest absolute Gasteiger partial charge is 0.423 e. The van der Waals surface area contributed by atoms with Crippen LogP contribution in [0, 0.1) is 11.8 Å². The van der Waals surface area contributed by atoms with Crippen molar-refractivity contribution in [1.82, 2.24) is 15.1 Å². The van der Waals surface area contributed by atoms with Crippen LogP contribution < -0.4 is 0 Å². The molecule has 1 aliphatic heterocycles. The molecular weight excluding hydrogens is 438 g/mol. The van der Waals surface area contributed by atoms with E-state index in [1.807, 2.05) is 11.8 Å². The Morgan fingerprint density at radius 2 is 1.68 bits per heavy atom. The van der Waals surface area contributed by atoms with Crippen LogP contribution in [0.3, 0.4) is 0 Å². The van der Waals surface area contributed by atoms with Gasteiger partial charge in [-0.25, -0.2) is 0 Å². The van der Waals surface area contributed by atoms with Crippen LogP contribution in [0.5, 0.6) is 0 Å². The molecule has 4 nitrogen and oxygen atoms in total. The first-order chi connectivity index (χ1) is 16.8. The Labute approximate surface area is 208 Å². The molecule has 5 rings (SSSR count). The van der Waals surface area contributed by atoms with Crippen LogP contribution in [0.4, 0.5) is 0 Å². The van der Waals surface area contributed by atoms with Crippen molar-refractivity contribution in [3.63, 3.8) is 0 Å². The summed E-state index contributed by atoms with van der Waals surface area (Å²) in [6, 6.07) is 21.6. The maximum atomic E-state index is 6.39. The molecule has 1 aliphatic carbocycles. The number of nitrogens with zero attached hydrogens (tertiary/aromatic N) is 3. The fraction of sp³-hybridized carbons (Fsp3) is 0.517. The molecule has 2 aliphatic rings. The highest BCUT2D eigenvalue weighted by molar-refractivity contribution is 8.00. The molecule has 180 valence electrons. The fourth-order valence-electron chi connectivity index (χ4n) is 5.84. The first-order valence-corrected chi connectivity index (χ1v) is 14.0.